The van der Waals surface area contributed by atoms with E-state index in [2.05, 4.69) is 22.0 Å². The van der Waals surface area contributed by atoms with E-state index in [0.717, 1.165) is 17.3 Å². The molecular formula is C14H15BrO3. The van der Waals surface area contributed by atoms with E-state index in [-0.39, 0.29) is 18.6 Å². The monoisotopic (exact) mass is 310 g/mol. The predicted molar refractivity (Wildman–Crippen MR) is 75.1 cm³/mol. The molecule has 96 valence electrons. The highest BCUT2D eigenvalue weighted by atomic mass is 79.9. The number of rotatable bonds is 7. The molecule has 0 unspecified atom stereocenters. The second-order valence-electron chi connectivity index (χ2n) is 3.82. The second-order valence-corrected chi connectivity index (χ2v) is 4.61. The highest BCUT2D eigenvalue weighted by Gasteiger charge is 2.07. The Hall–Kier alpha value is -1.42. The van der Waals surface area contributed by atoms with E-state index in [1.54, 1.807) is 12.1 Å². The van der Waals surface area contributed by atoms with E-state index in [1.165, 1.54) is 0 Å². The van der Waals surface area contributed by atoms with E-state index in [1.807, 2.05) is 18.2 Å². The first-order chi connectivity index (χ1) is 8.63. The summed E-state index contributed by atoms with van der Waals surface area (Å²) in [5.41, 5.74) is 1.60. The Morgan fingerprint density at radius 1 is 1.17 bits per heavy atom. The minimum absolute atomic E-state index is 0.0497. The molecule has 1 aromatic carbocycles. The number of benzene rings is 1. The van der Waals surface area contributed by atoms with Gasteiger partial charge < -0.3 is 5.11 Å². The van der Waals surface area contributed by atoms with Gasteiger partial charge >= 0.3 is 5.97 Å². The lowest BCUT2D eigenvalue weighted by Gasteiger charge is -2.00. The number of halogens is 1. The number of hydrogen-bond donors (Lipinski definition) is 1. The van der Waals surface area contributed by atoms with Crippen LogP contribution >= 0.6 is 15.9 Å². The topological polar surface area (TPSA) is 54.4 Å². The van der Waals surface area contributed by atoms with Crippen LogP contribution in [0.1, 0.15) is 35.2 Å². The predicted octanol–water partition coefficient (Wildman–Crippen LogP) is 3.53. The largest absolute Gasteiger partial charge is 0.481 e. The van der Waals surface area contributed by atoms with Gasteiger partial charge in [0.2, 0.25) is 0 Å². The van der Waals surface area contributed by atoms with Crippen molar-refractivity contribution < 1.29 is 14.7 Å². The summed E-state index contributed by atoms with van der Waals surface area (Å²) in [5.74, 6) is -1.08. The summed E-state index contributed by atoms with van der Waals surface area (Å²) >= 11 is 3.34. The summed E-state index contributed by atoms with van der Waals surface area (Å²) in [6.45, 7) is 0. The zero-order chi connectivity index (χ0) is 13.4. The van der Waals surface area contributed by atoms with Gasteiger partial charge in [0, 0.05) is 17.3 Å². The maximum Gasteiger partial charge on any atom is 0.303 e. The van der Waals surface area contributed by atoms with Crippen molar-refractivity contribution in [3.63, 3.8) is 0 Å². The van der Waals surface area contributed by atoms with Crippen LogP contribution in [0.15, 0.2) is 30.3 Å². The van der Waals surface area contributed by atoms with Crippen LogP contribution in [0.2, 0.25) is 0 Å². The molecule has 0 aliphatic heterocycles. The first-order valence-corrected chi connectivity index (χ1v) is 6.83. The molecule has 0 bridgehead atoms. The molecule has 1 rings (SSSR count). The molecule has 0 fully saturated rings. The summed E-state index contributed by atoms with van der Waals surface area (Å²) in [5, 5.41) is 9.43. The third-order valence-corrected chi connectivity index (χ3v) is 2.84. The van der Waals surface area contributed by atoms with Crippen molar-refractivity contribution in [1.29, 1.82) is 0 Å². The first kappa shape index (κ1) is 14.6. The van der Waals surface area contributed by atoms with Crippen LogP contribution in [0.3, 0.4) is 0 Å². The van der Waals surface area contributed by atoms with E-state index in [9.17, 15) is 9.59 Å². The minimum atomic E-state index is -0.947. The van der Waals surface area contributed by atoms with Crippen molar-refractivity contribution in [2.45, 2.75) is 19.3 Å². The van der Waals surface area contributed by atoms with Crippen LogP contribution in [0.4, 0.5) is 0 Å². The molecule has 0 radical (unpaired) electrons. The molecule has 18 heavy (non-hydrogen) atoms. The Bertz CT molecular complexity index is 435. The molecule has 0 aliphatic rings. The Morgan fingerprint density at radius 3 is 2.39 bits per heavy atom. The number of alkyl halides is 1. The highest BCUT2D eigenvalue weighted by molar-refractivity contribution is 9.09. The lowest BCUT2D eigenvalue weighted by atomic mass is 10.0. The van der Waals surface area contributed by atoms with E-state index < -0.39 is 5.97 Å². The Balaban J connectivity index is 2.59. The van der Waals surface area contributed by atoms with Crippen molar-refractivity contribution >= 4 is 33.8 Å². The molecule has 3 nitrogen and oxygen atoms in total. The van der Waals surface area contributed by atoms with Gasteiger partial charge in [-0.3, -0.25) is 9.59 Å². The van der Waals surface area contributed by atoms with Gasteiger partial charge in [-0.05, 0) is 12.0 Å². The summed E-state index contributed by atoms with van der Waals surface area (Å²) in [4.78, 5) is 22.0. The van der Waals surface area contributed by atoms with E-state index >= 15 is 0 Å². The fourth-order valence-corrected chi connectivity index (χ4v) is 1.69. The highest BCUT2D eigenvalue weighted by Crippen LogP contribution is 2.10. The molecule has 0 spiro atoms. The zero-order valence-corrected chi connectivity index (χ0v) is 11.5. The molecular weight excluding hydrogens is 296 g/mol. The standard InChI is InChI=1S/C14H15BrO3/c15-10-2-1-3-11-4-6-12(7-5-11)13(16)8-9-14(17)18/h1,3-7H,2,8-10H2,(H,17,18). The number of hydrogen-bond acceptors (Lipinski definition) is 2. The number of aliphatic carboxylic acids is 1. The van der Waals surface area contributed by atoms with Gasteiger partial charge in [-0.2, -0.15) is 0 Å². The molecule has 0 aromatic heterocycles. The summed E-state index contributed by atoms with van der Waals surface area (Å²) < 4.78 is 0. The Labute approximate surface area is 115 Å². The molecule has 0 atom stereocenters. The smallest absolute Gasteiger partial charge is 0.303 e. The molecule has 1 aromatic rings. The molecule has 1 N–H and O–H groups in total. The average Bonchev–Trinajstić information content (AvgIpc) is 2.37. The van der Waals surface area contributed by atoms with Crippen LogP contribution in [0.25, 0.3) is 6.08 Å². The van der Waals surface area contributed by atoms with Gasteiger partial charge in [-0.25, -0.2) is 0 Å². The normalized spacial score (nSPS) is 10.7. The summed E-state index contributed by atoms with van der Waals surface area (Å²) in [6.07, 6.45) is 4.93. The van der Waals surface area contributed by atoms with Crippen molar-refractivity contribution in [2.24, 2.45) is 0 Å². The molecule has 0 saturated heterocycles. The maximum absolute atomic E-state index is 11.6. The number of Topliss-reactive ketones (excluding diaryl/α,β-unsaturated/α-hetero) is 1. The number of allylic oxidation sites excluding steroid dienone is 1. The third-order valence-electron chi connectivity index (χ3n) is 2.38. The van der Waals surface area contributed by atoms with Crippen molar-refractivity contribution in [1.82, 2.24) is 0 Å². The molecule has 0 heterocycles. The number of carboxylic acids is 1. The molecule has 0 saturated carbocycles. The van der Waals surface area contributed by atoms with Gasteiger partial charge in [0.25, 0.3) is 0 Å². The zero-order valence-electron chi connectivity index (χ0n) is 9.93. The fourth-order valence-electron chi connectivity index (χ4n) is 1.43. The van der Waals surface area contributed by atoms with Crippen molar-refractivity contribution in [3.8, 4) is 0 Å². The minimum Gasteiger partial charge on any atom is -0.481 e. The number of carboxylic acid groups (broad SMARTS) is 1. The van der Waals surface area contributed by atoms with Gasteiger partial charge in [-0.1, -0.05) is 52.3 Å². The van der Waals surface area contributed by atoms with Crippen LogP contribution in [0.5, 0.6) is 0 Å². The first-order valence-electron chi connectivity index (χ1n) is 5.71. The lowest BCUT2D eigenvalue weighted by molar-refractivity contribution is -0.136. The van der Waals surface area contributed by atoms with Gasteiger partial charge in [0.1, 0.15) is 0 Å². The van der Waals surface area contributed by atoms with Crippen LogP contribution in [0, 0.1) is 0 Å². The lowest BCUT2D eigenvalue weighted by Crippen LogP contribution is -2.03. The third kappa shape index (κ3) is 5.27. The van der Waals surface area contributed by atoms with Crippen LogP contribution in [-0.2, 0) is 4.79 Å². The molecule has 4 heteroatoms. The summed E-state index contributed by atoms with van der Waals surface area (Å²) in [6, 6.07) is 7.19. The number of carbonyl (C=O) groups is 2. The van der Waals surface area contributed by atoms with Crippen molar-refractivity contribution in [3.05, 3.63) is 41.5 Å². The Kier molecular flexibility index (Phi) is 6.36. The van der Waals surface area contributed by atoms with Crippen LogP contribution < -0.4 is 0 Å². The Morgan fingerprint density at radius 2 is 1.83 bits per heavy atom. The SMILES string of the molecule is O=C(O)CCC(=O)c1ccc(C=CCCBr)cc1. The second kappa shape index (κ2) is 7.82. The number of carbonyl (C=O) groups excluding carboxylic acids is 1. The van der Waals surface area contributed by atoms with Gasteiger partial charge in [0.05, 0.1) is 6.42 Å². The quantitative estimate of drug-likeness (QED) is 0.619. The van der Waals surface area contributed by atoms with Crippen LogP contribution in [-0.4, -0.2) is 22.2 Å². The van der Waals surface area contributed by atoms with Gasteiger partial charge in [-0.15, -0.1) is 0 Å². The molecule has 0 aliphatic carbocycles. The summed E-state index contributed by atoms with van der Waals surface area (Å²) in [7, 11) is 0. The van der Waals surface area contributed by atoms with Crippen molar-refractivity contribution in [2.75, 3.05) is 5.33 Å². The number of ketones is 1. The molecule has 0 amide bonds. The van der Waals surface area contributed by atoms with E-state index in [0.29, 0.717) is 5.56 Å². The fraction of sp³-hybridized carbons (Fsp3) is 0.286. The van der Waals surface area contributed by atoms with Gasteiger partial charge in [0.15, 0.2) is 5.78 Å². The van der Waals surface area contributed by atoms with E-state index in [4.69, 9.17) is 5.11 Å². The maximum atomic E-state index is 11.6. The average molecular weight is 311 g/mol.